The van der Waals surface area contributed by atoms with E-state index in [-0.39, 0.29) is 23.1 Å². The summed E-state index contributed by atoms with van der Waals surface area (Å²) in [7, 11) is 0. The average Bonchev–Trinajstić information content (AvgIpc) is 2.09. The summed E-state index contributed by atoms with van der Waals surface area (Å²) >= 11 is 0.0673. The van der Waals surface area contributed by atoms with Gasteiger partial charge in [0.25, 0.3) is 0 Å². The summed E-state index contributed by atoms with van der Waals surface area (Å²) < 4.78 is 36.0. The minimum absolute atomic E-state index is 0.00455. The zero-order chi connectivity index (χ0) is 12.4. The molecule has 1 aliphatic heterocycles. The Kier molecular flexibility index (Phi) is 4.54. The lowest BCUT2D eigenvalue weighted by Gasteiger charge is -2.43. The molecule has 0 aromatic carbocycles. The van der Waals surface area contributed by atoms with Gasteiger partial charge in [-0.15, -0.1) is 0 Å². The van der Waals surface area contributed by atoms with Gasteiger partial charge in [-0.2, -0.15) is 13.2 Å². The summed E-state index contributed by atoms with van der Waals surface area (Å²) in [5.74, 6) is 0.115. The molecule has 1 heterocycles. The third-order valence-electron chi connectivity index (χ3n) is 2.74. The third kappa shape index (κ3) is 4.93. The van der Waals surface area contributed by atoms with Crippen LogP contribution in [0.4, 0.5) is 13.2 Å². The molecule has 0 aromatic rings. The molecule has 1 fully saturated rings. The van der Waals surface area contributed by atoms with E-state index in [9.17, 15) is 13.2 Å². The second-order valence-corrected chi connectivity index (χ2v) is 6.04. The van der Waals surface area contributed by atoms with E-state index in [0.717, 1.165) is 13.1 Å². The van der Waals surface area contributed by atoms with Crippen molar-refractivity contribution in [3.8, 4) is 0 Å². The highest BCUT2D eigenvalue weighted by atomic mass is 32.2. The minimum Gasteiger partial charge on any atom is -0.309 e. The van der Waals surface area contributed by atoms with Crippen LogP contribution in [-0.4, -0.2) is 47.4 Å². The highest BCUT2D eigenvalue weighted by molar-refractivity contribution is 8.00. The summed E-state index contributed by atoms with van der Waals surface area (Å²) in [6, 6.07) is 0.307. The van der Waals surface area contributed by atoms with Crippen LogP contribution in [0.1, 0.15) is 20.8 Å². The molecule has 6 heteroatoms. The van der Waals surface area contributed by atoms with Crippen molar-refractivity contribution in [3.63, 3.8) is 0 Å². The fourth-order valence-corrected chi connectivity index (χ4v) is 2.41. The van der Waals surface area contributed by atoms with Gasteiger partial charge in [-0.3, -0.25) is 4.90 Å². The van der Waals surface area contributed by atoms with Crippen LogP contribution in [0.15, 0.2) is 0 Å². The first-order chi connectivity index (χ1) is 7.20. The molecular formula is C10H19F3N2S. The van der Waals surface area contributed by atoms with E-state index in [2.05, 4.69) is 24.1 Å². The largest absolute Gasteiger partial charge is 0.441 e. The molecule has 1 N–H and O–H groups in total. The summed E-state index contributed by atoms with van der Waals surface area (Å²) in [6.07, 6.45) is 0. The van der Waals surface area contributed by atoms with Gasteiger partial charge >= 0.3 is 5.51 Å². The van der Waals surface area contributed by atoms with Crippen molar-refractivity contribution in [2.75, 3.05) is 25.4 Å². The Balaban J connectivity index is 2.35. The van der Waals surface area contributed by atoms with Crippen LogP contribution in [0, 0.1) is 0 Å². The molecule has 16 heavy (non-hydrogen) atoms. The number of halogens is 3. The number of thioether (sulfide) groups is 1. The SMILES string of the molecule is CC1CNC(C)(C)CN1CCSC(F)(F)F. The molecule has 1 rings (SSSR count). The monoisotopic (exact) mass is 256 g/mol. The topological polar surface area (TPSA) is 15.3 Å². The minimum atomic E-state index is -4.10. The van der Waals surface area contributed by atoms with Gasteiger partial charge in [0.05, 0.1) is 0 Å². The molecule has 0 radical (unpaired) electrons. The van der Waals surface area contributed by atoms with Gasteiger partial charge in [0, 0.05) is 37.0 Å². The van der Waals surface area contributed by atoms with Gasteiger partial charge in [-0.05, 0) is 32.5 Å². The number of hydrogen-bond donors (Lipinski definition) is 1. The molecule has 0 amide bonds. The van der Waals surface area contributed by atoms with Gasteiger partial charge in [0.15, 0.2) is 0 Å². The van der Waals surface area contributed by atoms with Crippen LogP contribution in [0.25, 0.3) is 0 Å². The molecule has 1 aliphatic rings. The smallest absolute Gasteiger partial charge is 0.309 e. The fraction of sp³-hybridized carbons (Fsp3) is 1.00. The first-order valence-corrected chi connectivity index (χ1v) is 6.38. The van der Waals surface area contributed by atoms with Crippen molar-refractivity contribution in [1.82, 2.24) is 10.2 Å². The zero-order valence-electron chi connectivity index (χ0n) is 9.90. The molecular weight excluding hydrogens is 237 g/mol. The number of alkyl halides is 3. The lowest BCUT2D eigenvalue weighted by atomic mass is 9.99. The highest BCUT2D eigenvalue weighted by Crippen LogP contribution is 2.30. The second-order valence-electron chi connectivity index (χ2n) is 4.88. The Morgan fingerprint density at radius 2 is 2.06 bits per heavy atom. The molecule has 0 aliphatic carbocycles. The standard InChI is InChI=1S/C10H19F3N2S/c1-8-6-14-9(2,3)7-15(8)4-5-16-10(11,12)13/h8,14H,4-7H2,1-3H3. The number of nitrogens with one attached hydrogen (secondary N) is 1. The van der Waals surface area contributed by atoms with Crippen molar-refractivity contribution in [3.05, 3.63) is 0 Å². The number of nitrogens with zero attached hydrogens (tertiary/aromatic N) is 1. The van der Waals surface area contributed by atoms with Crippen LogP contribution in [0.5, 0.6) is 0 Å². The van der Waals surface area contributed by atoms with Crippen LogP contribution < -0.4 is 5.32 Å². The van der Waals surface area contributed by atoms with E-state index in [1.165, 1.54) is 0 Å². The van der Waals surface area contributed by atoms with E-state index in [1.54, 1.807) is 0 Å². The lowest BCUT2D eigenvalue weighted by Crippen LogP contribution is -2.61. The van der Waals surface area contributed by atoms with E-state index in [0.29, 0.717) is 12.6 Å². The van der Waals surface area contributed by atoms with Gasteiger partial charge in [0.1, 0.15) is 0 Å². The Labute approximate surface area is 98.9 Å². The lowest BCUT2D eigenvalue weighted by molar-refractivity contribution is -0.0329. The Hall–Kier alpha value is 0.0600. The molecule has 1 unspecified atom stereocenters. The van der Waals surface area contributed by atoms with Gasteiger partial charge in [0.2, 0.25) is 0 Å². The van der Waals surface area contributed by atoms with E-state index >= 15 is 0 Å². The van der Waals surface area contributed by atoms with Crippen LogP contribution in [-0.2, 0) is 0 Å². The summed E-state index contributed by atoms with van der Waals surface area (Å²) in [6.45, 7) is 8.32. The van der Waals surface area contributed by atoms with Gasteiger partial charge < -0.3 is 5.32 Å². The third-order valence-corrected chi connectivity index (χ3v) is 3.46. The molecule has 2 nitrogen and oxygen atoms in total. The molecule has 1 atom stereocenters. The van der Waals surface area contributed by atoms with E-state index in [1.807, 2.05) is 6.92 Å². The predicted octanol–water partition coefficient (Wildman–Crippen LogP) is 2.31. The van der Waals surface area contributed by atoms with Crippen molar-refractivity contribution in [1.29, 1.82) is 0 Å². The van der Waals surface area contributed by atoms with Crippen molar-refractivity contribution in [2.24, 2.45) is 0 Å². The Morgan fingerprint density at radius 3 is 2.62 bits per heavy atom. The first-order valence-electron chi connectivity index (χ1n) is 5.39. The molecule has 0 saturated carbocycles. The Morgan fingerprint density at radius 1 is 1.44 bits per heavy atom. The quantitative estimate of drug-likeness (QED) is 0.834. The summed E-state index contributed by atoms with van der Waals surface area (Å²) in [4.78, 5) is 2.12. The van der Waals surface area contributed by atoms with Crippen LogP contribution >= 0.6 is 11.8 Å². The molecule has 1 saturated heterocycles. The maximum atomic E-state index is 12.0. The summed E-state index contributed by atoms with van der Waals surface area (Å²) in [5.41, 5.74) is -4.11. The fourth-order valence-electron chi connectivity index (χ4n) is 1.85. The normalized spacial score (nSPS) is 27.0. The van der Waals surface area contributed by atoms with Gasteiger partial charge in [-0.25, -0.2) is 0 Å². The van der Waals surface area contributed by atoms with Crippen LogP contribution in [0.2, 0.25) is 0 Å². The summed E-state index contributed by atoms with van der Waals surface area (Å²) in [5, 5.41) is 3.37. The highest BCUT2D eigenvalue weighted by Gasteiger charge is 2.32. The molecule has 0 aromatic heterocycles. The van der Waals surface area contributed by atoms with Crippen molar-refractivity contribution < 1.29 is 13.2 Å². The van der Waals surface area contributed by atoms with Crippen molar-refractivity contribution >= 4 is 11.8 Å². The van der Waals surface area contributed by atoms with E-state index < -0.39 is 5.51 Å². The molecule has 0 bridgehead atoms. The van der Waals surface area contributed by atoms with Crippen molar-refractivity contribution in [2.45, 2.75) is 37.9 Å². The van der Waals surface area contributed by atoms with Gasteiger partial charge in [-0.1, -0.05) is 0 Å². The first kappa shape index (κ1) is 14.1. The maximum Gasteiger partial charge on any atom is 0.441 e. The van der Waals surface area contributed by atoms with Crippen LogP contribution in [0.3, 0.4) is 0 Å². The maximum absolute atomic E-state index is 12.0. The number of piperazine rings is 1. The number of hydrogen-bond acceptors (Lipinski definition) is 3. The number of rotatable bonds is 3. The molecule has 96 valence electrons. The predicted molar refractivity (Wildman–Crippen MR) is 61.6 cm³/mol. The second kappa shape index (κ2) is 5.14. The molecule has 0 spiro atoms. The van der Waals surface area contributed by atoms with E-state index in [4.69, 9.17) is 0 Å². The average molecular weight is 256 g/mol. The Bertz CT molecular complexity index is 231. The zero-order valence-corrected chi connectivity index (χ0v) is 10.7.